The number of carbonyl (C=O) groups excluding carboxylic acids is 2. The van der Waals surface area contributed by atoms with Crippen molar-refractivity contribution >= 4 is 11.9 Å². The molecule has 2 fully saturated rings. The van der Waals surface area contributed by atoms with E-state index in [2.05, 4.69) is 0 Å². The highest BCUT2D eigenvalue weighted by atomic mass is 16.6. The Kier molecular flexibility index (Phi) is 3.36. The lowest BCUT2D eigenvalue weighted by atomic mass is 9.77. The maximum atomic E-state index is 11.9. The molecule has 102 valence electrons. The van der Waals surface area contributed by atoms with Crippen LogP contribution in [-0.2, 0) is 14.3 Å². The van der Waals surface area contributed by atoms with Crippen LogP contribution < -0.4 is 0 Å². The number of hydrogen-bond donors (Lipinski definition) is 0. The van der Waals surface area contributed by atoms with Gasteiger partial charge in [0.25, 0.3) is 0 Å². The number of amides is 1. The van der Waals surface area contributed by atoms with E-state index < -0.39 is 5.60 Å². The van der Waals surface area contributed by atoms with Gasteiger partial charge in [0.05, 0.1) is 12.0 Å². The highest BCUT2D eigenvalue weighted by Crippen LogP contribution is 2.36. The summed E-state index contributed by atoms with van der Waals surface area (Å²) in [7, 11) is 0. The molecule has 2 saturated heterocycles. The van der Waals surface area contributed by atoms with Crippen molar-refractivity contribution in [3.63, 3.8) is 0 Å². The first-order valence-electron chi connectivity index (χ1n) is 6.41. The molecule has 0 aliphatic carbocycles. The van der Waals surface area contributed by atoms with Gasteiger partial charge in [0.1, 0.15) is 12.2 Å². The molecule has 5 heteroatoms. The summed E-state index contributed by atoms with van der Waals surface area (Å²) in [6, 6.07) is 0. The lowest BCUT2D eigenvalue weighted by Gasteiger charge is -2.37. The number of rotatable bonds is 0. The molecule has 1 amide bonds. The molecule has 2 aliphatic heterocycles. The molecule has 0 saturated carbocycles. The highest BCUT2D eigenvalue weighted by molar-refractivity contribution is 5.88. The zero-order valence-corrected chi connectivity index (χ0v) is 11.3. The molecule has 2 aliphatic rings. The van der Waals surface area contributed by atoms with E-state index in [-0.39, 0.29) is 23.9 Å². The Hall–Kier alpha value is -1.10. The molecule has 18 heavy (non-hydrogen) atoms. The maximum absolute atomic E-state index is 11.9. The van der Waals surface area contributed by atoms with Crippen molar-refractivity contribution < 1.29 is 19.1 Å². The molecule has 0 aromatic carbocycles. The summed E-state index contributed by atoms with van der Waals surface area (Å²) in [6.07, 6.45) is 1.08. The van der Waals surface area contributed by atoms with Crippen LogP contribution in [-0.4, -0.2) is 48.7 Å². The van der Waals surface area contributed by atoms with Crippen LogP contribution in [0.5, 0.6) is 0 Å². The van der Waals surface area contributed by atoms with Crippen molar-refractivity contribution in [1.29, 1.82) is 0 Å². The summed E-state index contributed by atoms with van der Waals surface area (Å²) in [5, 5.41) is 0. The fraction of sp³-hybridized carbons (Fsp3) is 0.846. The van der Waals surface area contributed by atoms with E-state index >= 15 is 0 Å². The van der Waals surface area contributed by atoms with Crippen molar-refractivity contribution in [2.75, 3.05) is 26.3 Å². The fourth-order valence-corrected chi connectivity index (χ4v) is 2.44. The van der Waals surface area contributed by atoms with Gasteiger partial charge in [0.15, 0.2) is 5.78 Å². The number of piperidine rings is 1. The minimum atomic E-state index is -0.474. The normalized spacial score (nSPS) is 23.5. The van der Waals surface area contributed by atoms with E-state index in [1.807, 2.05) is 20.8 Å². The van der Waals surface area contributed by atoms with Gasteiger partial charge >= 0.3 is 6.09 Å². The van der Waals surface area contributed by atoms with Crippen molar-refractivity contribution in [3.05, 3.63) is 0 Å². The van der Waals surface area contributed by atoms with E-state index in [4.69, 9.17) is 9.47 Å². The zero-order valence-electron chi connectivity index (χ0n) is 11.3. The molecule has 5 nitrogen and oxygen atoms in total. The van der Waals surface area contributed by atoms with Crippen molar-refractivity contribution in [2.45, 2.75) is 39.2 Å². The molecule has 2 heterocycles. The standard InChI is InChI=1S/C13H21NO4/c1-12(2,3)18-11(16)14-6-4-13(5-7-14)9-17-8-10(13)15/h4-9H2,1-3H3. The van der Waals surface area contributed by atoms with Crippen molar-refractivity contribution in [2.24, 2.45) is 5.41 Å². The quantitative estimate of drug-likeness (QED) is 0.660. The Morgan fingerprint density at radius 3 is 2.39 bits per heavy atom. The summed E-state index contributed by atoms with van der Waals surface area (Å²) in [5.74, 6) is 0.186. The minimum absolute atomic E-state index is 0.186. The lowest BCUT2D eigenvalue weighted by Crippen LogP contribution is -2.47. The van der Waals surface area contributed by atoms with Crippen LogP contribution >= 0.6 is 0 Å². The van der Waals surface area contributed by atoms with Crippen LogP contribution in [0.2, 0.25) is 0 Å². The molecule has 0 N–H and O–H groups in total. The third kappa shape index (κ3) is 2.66. The van der Waals surface area contributed by atoms with Crippen LogP contribution in [0.1, 0.15) is 33.6 Å². The van der Waals surface area contributed by atoms with Gasteiger partial charge in [0.2, 0.25) is 0 Å². The molecule has 0 atom stereocenters. The van der Waals surface area contributed by atoms with Crippen LogP contribution in [0.3, 0.4) is 0 Å². The largest absolute Gasteiger partial charge is 0.444 e. The van der Waals surface area contributed by atoms with E-state index in [0.29, 0.717) is 32.5 Å². The summed E-state index contributed by atoms with van der Waals surface area (Å²) < 4.78 is 10.6. The van der Waals surface area contributed by atoms with Gasteiger partial charge < -0.3 is 14.4 Å². The highest BCUT2D eigenvalue weighted by Gasteiger charge is 2.46. The van der Waals surface area contributed by atoms with Gasteiger partial charge in [-0.05, 0) is 33.6 Å². The van der Waals surface area contributed by atoms with Crippen LogP contribution in [0.4, 0.5) is 4.79 Å². The number of likely N-dealkylation sites (tertiary alicyclic amines) is 1. The average Bonchev–Trinajstić information content (AvgIpc) is 2.59. The Labute approximate surface area is 107 Å². The van der Waals surface area contributed by atoms with E-state index in [1.165, 1.54) is 0 Å². The molecule has 2 rings (SSSR count). The topological polar surface area (TPSA) is 55.8 Å². The van der Waals surface area contributed by atoms with Crippen LogP contribution in [0.25, 0.3) is 0 Å². The number of hydrogen-bond acceptors (Lipinski definition) is 4. The van der Waals surface area contributed by atoms with Crippen LogP contribution in [0, 0.1) is 5.41 Å². The van der Waals surface area contributed by atoms with Gasteiger partial charge in [0, 0.05) is 13.1 Å². The lowest BCUT2D eigenvalue weighted by molar-refractivity contribution is -0.126. The van der Waals surface area contributed by atoms with E-state index in [1.54, 1.807) is 4.90 Å². The number of Topliss-reactive ketones (excluding diaryl/α,β-unsaturated/α-hetero) is 1. The number of nitrogens with zero attached hydrogens (tertiary/aromatic N) is 1. The first kappa shape index (κ1) is 13.3. The number of ether oxygens (including phenoxy) is 2. The molecule has 0 unspecified atom stereocenters. The Morgan fingerprint density at radius 2 is 1.94 bits per heavy atom. The first-order valence-corrected chi connectivity index (χ1v) is 6.41. The molecule has 0 aromatic rings. The molecule has 0 aromatic heterocycles. The summed E-state index contributed by atoms with van der Waals surface area (Å²) in [4.78, 5) is 25.4. The molecule has 1 spiro atoms. The second-order valence-corrected chi connectivity index (χ2v) is 6.16. The Morgan fingerprint density at radius 1 is 1.33 bits per heavy atom. The number of carbonyl (C=O) groups is 2. The second-order valence-electron chi connectivity index (χ2n) is 6.16. The summed E-state index contributed by atoms with van der Waals surface area (Å²) in [6.45, 7) is 7.44. The zero-order chi connectivity index (χ0) is 13.4. The van der Waals surface area contributed by atoms with Gasteiger partial charge in [-0.25, -0.2) is 4.79 Å². The van der Waals surface area contributed by atoms with Gasteiger partial charge in [-0.15, -0.1) is 0 Å². The molecule has 0 bridgehead atoms. The van der Waals surface area contributed by atoms with Gasteiger partial charge in [-0.1, -0.05) is 0 Å². The predicted molar refractivity (Wildman–Crippen MR) is 65.3 cm³/mol. The Bertz CT molecular complexity index is 350. The minimum Gasteiger partial charge on any atom is -0.444 e. The summed E-state index contributed by atoms with van der Waals surface area (Å²) in [5.41, 5.74) is -0.809. The fourth-order valence-electron chi connectivity index (χ4n) is 2.44. The van der Waals surface area contributed by atoms with Crippen molar-refractivity contribution in [1.82, 2.24) is 4.90 Å². The smallest absolute Gasteiger partial charge is 0.410 e. The van der Waals surface area contributed by atoms with Crippen molar-refractivity contribution in [3.8, 4) is 0 Å². The van der Waals surface area contributed by atoms with Gasteiger partial charge in [-0.2, -0.15) is 0 Å². The second kappa shape index (κ2) is 4.53. The maximum Gasteiger partial charge on any atom is 0.410 e. The monoisotopic (exact) mass is 255 g/mol. The predicted octanol–water partition coefficient (Wildman–Crippen LogP) is 1.60. The van der Waals surface area contributed by atoms with Gasteiger partial charge in [-0.3, -0.25) is 4.79 Å². The molecular formula is C13H21NO4. The third-order valence-electron chi connectivity index (χ3n) is 3.58. The average molecular weight is 255 g/mol. The molecule has 0 radical (unpaired) electrons. The Balaban J connectivity index is 1.91. The van der Waals surface area contributed by atoms with E-state index in [0.717, 1.165) is 0 Å². The van der Waals surface area contributed by atoms with E-state index in [9.17, 15) is 9.59 Å². The van der Waals surface area contributed by atoms with Crippen LogP contribution in [0.15, 0.2) is 0 Å². The summed E-state index contributed by atoms with van der Waals surface area (Å²) >= 11 is 0. The first-order chi connectivity index (χ1) is 8.32. The number of ketones is 1. The third-order valence-corrected chi connectivity index (χ3v) is 3.58. The molecular weight excluding hydrogens is 234 g/mol. The SMILES string of the molecule is CC(C)(C)OC(=O)N1CCC2(CC1)COCC2=O.